The standard InChI is InChI=1S/C23H24FN3O3/c24-18-12-13-19-20(15-18)23(29)26-25-21(19)6-4-2-1-3-5-16-7-9-17(10-8-16)11-14-22(28)27-30/h7-15,30H,1-6H2,(H,26,29)(H,27,28)/b14-11+. The van der Waals surface area contributed by atoms with E-state index in [0.717, 1.165) is 49.8 Å². The normalized spacial score (nSPS) is 11.3. The Labute approximate surface area is 173 Å². The van der Waals surface area contributed by atoms with Gasteiger partial charge in [-0.2, -0.15) is 5.10 Å². The third-order valence-corrected chi connectivity index (χ3v) is 4.98. The van der Waals surface area contributed by atoms with Crippen LogP contribution in [0, 0.1) is 5.82 Å². The Morgan fingerprint density at radius 2 is 1.77 bits per heavy atom. The molecule has 3 N–H and O–H groups in total. The van der Waals surface area contributed by atoms with E-state index in [4.69, 9.17) is 5.21 Å². The number of aryl methyl sites for hydroxylation is 2. The molecule has 1 aromatic heterocycles. The van der Waals surface area contributed by atoms with Gasteiger partial charge in [0.2, 0.25) is 0 Å². The van der Waals surface area contributed by atoms with Crippen LogP contribution in [-0.2, 0) is 17.6 Å². The maximum absolute atomic E-state index is 13.4. The van der Waals surface area contributed by atoms with E-state index in [1.54, 1.807) is 17.6 Å². The number of aromatic nitrogens is 2. The summed E-state index contributed by atoms with van der Waals surface area (Å²) in [5.41, 5.74) is 4.10. The van der Waals surface area contributed by atoms with Crippen molar-refractivity contribution in [1.82, 2.24) is 15.7 Å². The van der Waals surface area contributed by atoms with Crippen molar-refractivity contribution in [1.29, 1.82) is 0 Å². The van der Waals surface area contributed by atoms with Crippen molar-refractivity contribution in [3.05, 3.63) is 81.5 Å². The van der Waals surface area contributed by atoms with Gasteiger partial charge in [0.15, 0.2) is 0 Å². The van der Waals surface area contributed by atoms with E-state index in [1.165, 1.54) is 23.8 Å². The average Bonchev–Trinajstić information content (AvgIpc) is 2.76. The Hall–Kier alpha value is -3.32. The van der Waals surface area contributed by atoms with Gasteiger partial charge in [0, 0.05) is 11.5 Å². The number of nitrogens with one attached hydrogen (secondary N) is 2. The molecule has 0 saturated heterocycles. The molecule has 6 nitrogen and oxygen atoms in total. The molecule has 0 bridgehead atoms. The second-order valence-corrected chi connectivity index (χ2v) is 7.15. The summed E-state index contributed by atoms with van der Waals surface area (Å²) < 4.78 is 13.4. The van der Waals surface area contributed by atoms with Crippen molar-refractivity contribution in [3.8, 4) is 0 Å². The lowest BCUT2D eigenvalue weighted by molar-refractivity contribution is -0.124. The monoisotopic (exact) mass is 409 g/mol. The largest absolute Gasteiger partial charge is 0.288 e. The molecule has 2 aromatic carbocycles. The van der Waals surface area contributed by atoms with Gasteiger partial charge < -0.3 is 0 Å². The number of hydrogen-bond acceptors (Lipinski definition) is 4. The van der Waals surface area contributed by atoms with E-state index in [9.17, 15) is 14.0 Å². The number of H-pyrrole nitrogens is 1. The van der Waals surface area contributed by atoms with Crippen molar-refractivity contribution < 1.29 is 14.4 Å². The van der Waals surface area contributed by atoms with Crippen LogP contribution in [0.3, 0.4) is 0 Å². The molecule has 0 spiro atoms. The number of unbranched alkanes of at least 4 members (excludes halogenated alkanes) is 3. The van der Waals surface area contributed by atoms with E-state index < -0.39 is 11.7 Å². The van der Waals surface area contributed by atoms with Gasteiger partial charge in [0.1, 0.15) is 5.82 Å². The van der Waals surface area contributed by atoms with Gasteiger partial charge in [-0.25, -0.2) is 15.0 Å². The lowest BCUT2D eigenvalue weighted by Gasteiger charge is -2.06. The number of fused-ring (bicyclic) bond motifs is 1. The molecular weight excluding hydrogens is 385 g/mol. The van der Waals surface area contributed by atoms with Crippen molar-refractivity contribution in [2.45, 2.75) is 38.5 Å². The van der Waals surface area contributed by atoms with E-state index in [-0.39, 0.29) is 5.56 Å². The van der Waals surface area contributed by atoms with Crippen LogP contribution in [0.1, 0.15) is 42.5 Å². The summed E-state index contributed by atoms with van der Waals surface area (Å²) in [7, 11) is 0. The van der Waals surface area contributed by atoms with Gasteiger partial charge in [-0.05, 0) is 61.1 Å². The number of hydrogen-bond donors (Lipinski definition) is 3. The zero-order valence-corrected chi connectivity index (χ0v) is 16.5. The number of amides is 1. The molecule has 30 heavy (non-hydrogen) atoms. The SMILES string of the molecule is O=C(/C=C/c1ccc(CCCCCCc2n[nH]c(=O)c3cc(F)ccc23)cc1)NO. The fourth-order valence-electron chi connectivity index (χ4n) is 3.36. The van der Waals surface area contributed by atoms with Gasteiger partial charge in [-0.3, -0.25) is 14.8 Å². The predicted octanol–water partition coefficient (Wildman–Crippen LogP) is 3.93. The molecule has 156 valence electrons. The molecule has 7 heteroatoms. The van der Waals surface area contributed by atoms with Crippen LogP contribution in [0.5, 0.6) is 0 Å². The van der Waals surface area contributed by atoms with Crippen LogP contribution in [0.2, 0.25) is 0 Å². The fourth-order valence-corrected chi connectivity index (χ4v) is 3.36. The summed E-state index contributed by atoms with van der Waals surface area (Å²) >= 11 is 0. The van der Waals surface area contributed by atoms with Crippen molar-refractivity contribution in [3.63, 3.8) is 0 Å². The summed E-state index contributed by atoms with van der Waals surface area (Å²) in [6.45, 7) is 0. The Morgan fingerprint density at radius 1 is 1.03 bits per heavy atom. The van der Waals surface area contributed by atoms with Crippen LogP contribution in [0.4, 0.5) is 4.39 Å². The van der Waals surface area contributed by atoms with E-state index in [2.05, 4.69) is 10.2 Å². The third kappa shape index (κ3) is 5.84. The first kappa shape index (κ1) is 21.4. The molecule has 3 rings (SSSR count). The quantitative estimate of drug-likeness (QED) is 0.216. The second kappa shape index (κ2) is 10.5. The number of benzene rings is 2. The Morgan fingerprint density at radius 3 is 2.50 bits per heavy atom. The lowest BCUT2D eigenvalue weighted by atomic mass is 10.0. The number of aromatic amines is 1. The highest BCUT2D eigenvalue weighted by atomic mass is 19.1. The first-order chi connectivity index (χ1) is 14.6. The average molecular weight is 409 g/mol. The first-order valence-corrected chi connectivity index (χ1v) is 9.95. The highest BCUT2D eigenvalue weighted by Gasteiger charge is 2.07. The van der Waals surface area contributed by atoms with Crippen molar-refractivity contribution in [2.75, 3.05) is 0 Å². The van der Waals surface area contributed by atoms with Crippen LogP contribution < -0.4 is 11.0 Å². The number of rotatable bonds is 9. The van der Waals surface area contributed by atoms with E-state index >= 15 is 0 Å². The molecule has 3 aromatic rings. The highest BCUT2D eigenvalue weighted by Crippen LogP contribution is 2.17. The Kier molecular flexibility index (Phi) is 7.45. The molecule has 0 unspecified atom stereocenters. The molecule has 0 radical (unpaired) electrons. The predicted molar refractivity (Wildman–Crippen MR) is 114 cm³/mol. The molecular formula is C23H24FN3O3. The van der Waals surface area contributed by atoms with Gasteiger partial charge in [0.05, 0.1) is 11.1 Å². The second-order valence-electron chi connectivity index (χ2n) is 7.15. The number of nitrogens with zero attached hydrogens (tertiary/aromatic N) is 1. The smallest absolute Gasteiger partial charge is 0.272 e. The van der Waals surface area contributed by atoms with Crippen LogP contribution in [0.15, 0.2) is 53.3 Å². The highest BCUT2D eigenvalue weighted by molar-refractivity contribution is 5.90. The summed E-state index contributed by atoms with van der Waals surface area (Å²) in [5.74, 6) is -0.985. The molecule has 1 amide bonds. The minimum atomic E-state index is -0.559. The summed E-state index contributed by atoms with van der Waals surface area (Å²) in [6, 6.07) is 12.2. The lowest BCUT2D eigenvalue weighted by Crippen LogP contribution is -2.14. The molecule has 0 fully saturated rings. The maximum atomic E-state index is 13.4. The molecule has 0 aliphatic rings. The molecule has 0 atom stereocenters. The minimum Gasteiger partial charge on any atom is -0.288 e. The maximum Gasteiger partial charge on any atom is 0.272 e. The van der Waals surface area contributed by atoms with Crippen molar-refractivity contribution >= 4 is 22.8 Å². The van der Waals surface area contributed by atoms with Crippen molar-refractivity contribution in [2.24, 2.45) is 0 Å². The van der Waals surface area contributed by atoms with Crippen LogP contribution >= 0.6 is 0 Å². The number of hydroxylamine groups is 1. The Balaban J connectivity index is 1.42. The van der Waals surface area contributed by atoms with Gasteiger partial charge >= 0.3 is 0 Å². The summed E-state index contributed by atoms with van der Waals surface area (Å²) in [6.07, 6.45) is 8.75. The Bertz CT molecular complexity index is 1090. The number of carbonyl (C=O) groups is 1. The van der Waals surface area contributed by atoms with Crippen LogP contribution in [-0.4, -0.2) is 21.3 Å². The van der Waals surface area contributed by atoms with Crippen LogP contribution in [0.25, 0.3) is 16.8 Å². The zero-order valence-electron chi connectivity index (χ0n) is 16.5. The summed E-state index contributed by atoms with van der Waals surface area (Å²) in [4.78, 5) is 22.8. The van der Waals surface area contributed by atoms with E-state index in [1.807, 2.05) is 24.3 Å². The molecule has 0 aliphatic heterocycles. The van der Waals surface area contributed by atoms with Gasteiger partial charge in [-0.15, -0.1) is 0 Å². The van der Waals surface area contributed by atoms with Gasteiger partial charge in [0.25, 0.3) is 11.5 Å². The first-order valence-electron chi connectivity index (χ1n) is 9.95. The summed E-state index contributed by atoms with van der Waals surface area (Å²) in [5, 5.41) is 16.1. The number of halogens is 1. The molecule has 0 aliphatic carbocycles. The zero-order chi connectivity index (χ0) is 21.3. The number of carbonyl (C=O) groups excluding carboxylic acids is 1. The van der Waals surface area contributed by atoms with E-state index in [0.29, 0.717) is 10.8 Å². The molecule has 1 heterocycles. The van der Waals surface area contributed by atoms with Gasteiger partial charge in [-0.1, -0.05) is 37.1 Å². The fraction of sp³-hybridized carbons (Fsp3) is 0.261. The molecule has 0 saturated carbocycles. The topological polar surface area (TPSA) is 95.1 Å². The minimum absolute atomic E-state index is 0.343. The third-order valence-electron chi connectivity index (χ3n) is 4.98.